The lowest BCUT2D eigenvalue weighted by atomic mass is 10.1. The molecule has 174 valence electrons. The number of nitrogens with one attached hydrogen (secondary N) is 1. The van der Waals surface area contributed by atoms with Crippen molar-refractivity contribution in [2.45, 2.75) is 32.4 Å². The van der Waals surface area contributed by atoms with Gasteiger partial charge in [-0.25, -0.2) is 15.0 Å². The van der Waals surface area contributed by atoms with Crippen LogP contribution in [0.4, 0.5) is 11.8 Å². The average Bonchev–Trinajstić information content (AvgIpc) is 3.21. The number of rotatable bonds is 7. The Bertz CT molecular complexity index is 1190. The van der Waals surface area contributed by atoms with Gasteiger partial charge in [0.15, 0.2) is 0 Å². The van der Waals surface area contributed by atoms with E-state index in [1.807, 2.05) is 13.8 Å². The fourth-order valence-electron chi connectivity index (χ4n) is 4.06. The first kappa shape index (κ1) is 23.5. The van der Waals surface area contributed by atoms with Crippen LogP contribution in [0.25, 0.3) is 11.3 Å². The number of nitrogens with zero attached hydrogens (tertiary/aromatic N) is 5. The van der Waals surface area contributed by atoms with Gasteiger partial charge in [0.2, 0.25) is 5.95 Å². The molecule has 8 nitrogen and oxygen atoms in total. The third-order valence-corrected chi connectivity index (χ3v) is 6.24. The van der Waals surface area contributed by atoms with Crippen molar-refractivity contribution in [1.29, 1.82) is 0 Å². The van der Waals surface area contributed by atoms with Crippen LogP contribution in [0, 0.1) is 0 Å². The molecular formula is C23H26Cl2N6O2. The molecule has 1 aromatic carbocycles. The van der Waals surface area contributed by atoms with E-state index in [4.69, 9.17) is 32.9 Å². The third-order valence-electron chi connectivity index (χ3n) is 5.69. The third kappa shape index (κ3) is 4.83. The maximum atomic E-state index is 13.3. The molecule has 1 N–H and O–H groups in total. The summed E-state index contributed by atoms with van der Waals surface area (Å²) in [5, 5.41) is 4.42. The second-order valence-corrected chi connectivity index (χ2v) is 8.64. The smallest absolute Gasteiger partial charge is 0.278 e. The number of hydrogen-bond acceptors (Lipinski definition) is 7. The van der Waals surface area contributed by atoms with Crippen LogP contribution >= 0.6 is 23.2 Å². The number of hydrogen-bond donors (Lipinski definition) is 1. The Hall–Kier alpha value is -2.68. The normalized spacial score (nSPS) is 18.0. The molecule has 1 aliphatic rings. The summed E-state index contributed by atoms with van der Waals surface area (Å²) in [7, 11) is 1.74. The zero-order valence-corrected chi connectivity index (χ0v) is 20.3. The molecule has 0 unspecified atom stereocenters. The topological polar surface area (TPSA) is 85.2 Å². The van der Waals surface area contributed by atoms with Gasteiger partial charge in [-0.2, -0.15) is 0 Å². The minimum absolute atomic E-state index is 0.0728. The largest absolute Gasteiger partial charge is 0.374 e. The van der Waals surface area contributed by atoms with Crippen molar-refractivity contribution in [3.63, 3.8) is 0 Å². The highest BCUT2D eigenvalue weighted by molar-refractivity contribution is 6.36. The summed E-state index contributed by atoms with van der Waals surface area (Å²) in [5.74, 6) is 1.32. The fraction of sp³-hybridized carbons (Fsp3) is 0.391. The van der Waals surface area contributed by atoms with Crippen LogP contribution in [-0.2, 0) is 18.2 Å². The van der Waals surface area contributed by atoms with E-state index in [9.17, 15) is 4.79 Å². The predicted octanol–water partition coefficient (Wildman–Crippen LogP) is 3.81. The summed E-state index contributed by atoms with van der Waals surface area (Å²) in [5.41, 5.74) is 1.38. The Kier molecular flexibility index (Phi) is 7.17. The number of aryl methyl sites for hydroxylation is 1. The van der Waals surface area contributed by atoms with Crippen LogP contribution in [0.15, 0.2) is 41.5 Å². The van der Waals surface area contributed by atoms with Crippen LogP contribution in [0.3, 0.4) is 0 Å². The van der Waals surface area contributed by atoms with Crippen LogP contribution in [-0.4, -0.2) is 51.4 Å². The van der Waals surface area contributed by atoms with Gasteiger partial charge in [-0.3, -0.25) is 9.36 Å². The molecule has 1 fully saturated rings. The molecule has 10 heteroatoms. The van der Waals surface area contributed by atoms with E-state index in [0.717, 1.165) is 5.69 Å². The first-order valence-corrected chi connectivity index (χ1v) is 11.6. The summed E-state index contributed by atoms with van der Waals surface area (Å²) in [6.07, 6.45) is 3.99. The summed E-state index contributed by atoms with van der Waals surface area (Å²) < 4.78 is 7.60. The van der Waals surface area contributed by atoms with Crippen molar-refractivity contribution in [1.82, 2.24) is 19.5 Å². The molecule has 2 atom stereocenters. The SMILES string of the molecule is CCO[C@H]1CN(c2ncccn2)C[C@H]1Nc1c(CC)nc(-c2ccc(Cl)cc2Cl)c(=O)n1C. The number of ether oxygens (including phenoxy) is 1. The summed E-state index contributed by atoms with van der Waals surface area (Å²) in [6.45, 7) is 5.84. The lowest BCUT2D eigenvalue weighted by molar-refractivity contribution is 0.0718. The first-order chi connectivity index (χ1) is 15.9. The number of halogens is 2. The molecule has 0 bridgehead atoms. The Labute approximate surface area is 202 Å². The zero-order valence-electron chi connectivity index (χ0n) is 18.8. The van der Waals surface area contributed by atoms with Crippen LogP contribution in [0.5, 0.6) is 0 Å². The van der Waals surface area contributed by atoms with Gasteiger partial charge in [0, 0.05) is 49.7 Å². The molecule has 2 aromatic heterocycles. The van der Waals surface area contributed by atoms with Gasteiger partial charge >= 0.3 is 0 Å². The van der Waals surface area contributed by atoms with Crippen molar-refractivity contribution in [3.05, 3.63) is 62.8 Å². The van der Waals surface area contributed by atoms with Gasteiger partial charge in [0.1, 0.15) is 11.5 Å². The second kappa shape index (κ2) is 10.1. The van der Waals surface area contributed by atoms with E-state index in [-0.39, 0.29) is 17.7 Å². The van der Waals surface area contributed by atoms with Crippen LogP contribution in [0.2, 0.25) is 10.0 Å². The number of benzene rings is 1. The van der Waals surface area contributed by atoms with Crippen molar-refractivity contribution in [2.24, 2.45) is 7.05 Å². The van der Waals surface area contributed by atoms with Crippen molar-refractivity contribution >= 4 is 35.0 Å². The quantitative estimate of drug-likeness (QED) is 0.540. The molecule has 0 radical (unpaired) electrons. The Morgan fingerprint density at radius 2 is 1.94 bits per heavy atom. The fourth-order valence-corrected chi connectivity index (χ4v) is 4.56. The standard InChI is InChI=1S/C23H26Cl2N6O2/c1-4-17-21(30(3)22(32)20(28-17)15-8-7-14(24)11-16(15)25)29-18-12-31(13-19(18)33-5-2)23-26-9-6-10-27-23/h6-11,18-19,29H,4-5,12-13H2,1-3H3/t18-,19+/m1/s1. The van der Waals surface area contributed by atoms with E-state index in [1.165, 1.54) is 0 Å². The average molecular weight is 489 g/mol. The van der Waals surface area contributed by atoms with Gasteiger partial charge in [-0.1, -0.05) is 30.1 Å². The highest BCUT2D eigenvalue weighted by Crippen LogP contribution is 2.29. The van der Waals surface area contributed by atoms with E-state index in [1.54, 1.807) is 48.3 Å². The molecule has 0 saturated carbocycles. The van der Waals surface area contributed by atoms with Crippen molar-refractivity contribution in [3.8, 4) is 11.3 Å². The van der Waals surface area contributed by atoms with Gasteiger partial charge < -0.3 is 15.0 Å². The van der Waals surface area contributed by atoms with Crippen molar-refractivity contribution in [2.75, 3.05) is 29.9 Å². The van der Waals surface area contributed by atoms with E-state index in [0.29, 0.717) is 59.2 Å². The molecule has 0 aliphatic carbocycles. The van der Waals surface area contributed by atoms with Crippen LogP contribution < -0.4 is 15.8 Å². The molecular weight excluding hydrogens is 463 g/mol. The lowest BCUT2D eigenvalue weighted by Crippen LogP contribution is -2.37. The Morgan fingerprint density at radius 1 is 1.18 bits per heavy atom. The summed E-state index contributed by atoms with van der Waals surface area (Å²) in [4.78, 5) is 28.8. The zero-order chi connectivity index (χ0) is 23.5. The van der Waals surface area contributed by atoms with Crippen molar-refractivity contribution < 1.29 is 4.74 Å². The van der Waals surface area contributed by atoms with Gasteiger partial charge in [0.25, 0.3) is 5.56 Å². The number of anilines is 2. The van der Waals surface area contributed by atoms with E-state index in [2.05, 4.69) is 20.2 Å². The van der Waals surface area contributed by atoms with Gasteiger partial charge in [-0.15, -0.1) is 0 Å². The first-order valence-electron chi connectivity index (χ1n) is 10.9. The van der Waals surface area contributed by atoms with Gasteiger partial charge in [0.05, 0.1) is 22.9 Å². The number of aromatic nitrogens is 4. The molecule has 1 aliphatic heterocycles. The lowest BCUT2D eigenvalue weighted by Gasteiger charge is -2.24. The van der Waals surface area contributed by atoms with Gasteiger partial charge in [-0.05, 0) is 37.6 Å². The van der Waals surface area contributed by atoms with E-state index < -0.39 is 0 Å². The van der Waals surface area contributed by atoms with E-state index >= 15 is 0 Å². The molecule has 3 aromatic rings. The Balaban J connectivity index is 1.68. The molecule has 0 amide bonds. The molecule has 33 heavy (non-hydrogen) atoms. The maximum Gasteiger partial charge on any atom is 0.278 e. The summed E-state index contributed by atoms with van der Waals surface area (Å²) >= 11 is 12.4. The minimum atomic E-state index is -0.242. The minimum Gasteiger partial charge on any atom is -0.374 e. The molecule has 4 rings (SSSR count). The molecule has 3 heterocycles. The van der Waals surface area contributed by atoms with Crippen LogP contribution in [0.1, 0.15) is 19.5 Å². The second-order valence-electron chi connectivity index (χ2n) is 7.80. The highest BCUT2D eigenvalue weighted by Gasteiger charge is 2.35. The Morgan fingerprint density at radius 3 is 2.61 bits per heavy atom. The maximum absolute atomic E-state index is 13.3. The molecule has 0 spiro atoms. The molecule has 1 saturated heterocycles. The highest BCUT2D eigenvalue weighted by atomic mass is 35.5. The summed E-state index contributed by atoms with van der Waals surface area (Å²) in [6, 6.07) is 6.76. The monoisotopic (exact) mass is 488 g/mol. The predicted molar refractivity (Wildman–Crippen MR) is 131 cm³/mol.